The van der Waals surface area contributed by atoms with Crippen molar-refractivity contribution < 1.29 is 24.2 Å². The summed E-state index contributed by atoms with van der Waals surface area (Å²) in [6, 6.07) is 0.0417. The molecule has 21 heavy (non-hydrogen) atoms. The Balaban J connectivity index is 1.84. The van der Waals surface area contributed by atoms with Crippen LogP contribution in [0.2, 0.25) is 0 Å². The number of hydrogen-bond acceptors (Lipinski definition) is 4. The number of likely N-dealkylation sites (tertiary alicyclic amines) is 1. The molecule has 120 valence electrons. The van der Waals surface area contributed by atoms with Gasteiger partial charge in [0.2, 0.25) is 0 Å². The highest BCUT2D eigenvalue weighted by molar-refractivity contribution is 5.75. The highest BCUT2D eigenvalue weighted by Crippen LogP contribution is 2.23. The Kier molecular flexibility index (Phi) is 5.05. The number of rotatable bonds is 3. The fourth-order valence-electron chi connectivity index (χ4n) is 2.79. The number of amides is 2. The summed E-state index contributed by atoms with van der Waals surface area (Å²) in [5, 5.41) is 8.60. The van der Waals surface area contributed by atoms with Gasteiger partial charge < -0.3 is 24.4 Å². The number of urea groups is 1. The van der Waals surface area contributed by atoms with Gasteiger partial charge in [-0.1, -0.05) is 0 Å². The van der Waals surface area contributed by atoms with Crippen LogP contribution in [-0.2, 0) is 14.3 Å². The first kappa shape index (κ1) is 16.0. The highest BCUT2D eigenvalue weighted by atomic mass is 16.5. The van der Waals surface area contributed by atoms with Gasteiger partial charge >= 0.3 is 12.0 Å². The summed E-state index contributed by atoms with van der Waals surface area (Å²) in [7, 11) is 0. The number of carbonyl (C=O) groups excluding carboxylic acids is 1. The number of carbonyl (C=O) groups is 2. The molecule has 1 N–H and O–H groups in total. The average molecular weight is 300 g/mol. The molecular weight excluding hydrogens is 276 g/mol. The third kappa shape index (κ3) is 4.07. The maximum absolute atomic E-state index is 12.6. The zero-order chi connectivity index (χ0) is 15.5. The second-order valence-electron chi connectivity index (χ2n) is 6.19. The molecule has 2 rings (SSSR count). The summed E-state index contributed by atoms with van der Waals surface area (Å²) in [6.07, 6.45) is 1.30. The van der Waals surface area contributed by atoms with Crippen LogP contribution < -0.4 is 0 Å². The molecule has 0 aromatic rings. The molecule has 0 atom stereocenters. The first-order valence-corrected chi connectivity index (χ1v) is 7.38. The van der Waals surface area contributed by atoms with Gasteiger partial charge in [0.15, 0.2) is 0 Å². The van der Waals surface area contributed by atoms with Crippen LogP contribution in [0.25, 0.3) is 0 Å². The lowest BCUT2D eigenvalue weighted by Crippen LogP contribution is -2.60. The lowest BCUT2D eigenvalue weighted by molar-refractivity contribution is -0.145. The highest BCUT2D eigenvalue weighted by Gasteiger charge is 2.37. The zero-order valence-corrected chi connectivity index (χ0v) is 12.7. The van der Waals surface area contributed by atoms with Crippen molar-refractivity contribution in [3.8, 4) is 0 Å². The van der Waals surface area contributed by atoms with Crippen molar-refractivity contribution in [2.45, 2.75) is 38.3 Å². The number of morpholine rings is 1. The molecule has 2 fully saturated rings. The summed E-state index contributed by atoms with van der Waals surface area (Å²) >= 11 is 0. The Morgan fingerprint density at radius 2 is 1.95 bits per heavy atom. The minimum Gasteiger partial charge on any atom is -0.480 e. The number of nitrogens with zero attached hydrogens (tertiary/aromatic N) is 2. The Labute approximate surface area is 124 Å². The number of carboxylic acid groups (broad SMARTS) is 1. The van der Waals surface area contributed by atoms with Crippen molar-refractivity contribution >= 4 is 12.0 Å². The number of hydrogen-bond donors (Lipinski definition) is 1. The second-order valence-corrected chi connectivity index (χ2v) is 6.19. The normalized spacial score (nSPS) is 23.1. The first-order valence-electron chi connectivity index (χ1n) is 7.38. The second kappa shape index (κ2) is 6.62. The minimum absolute atomic E-state index is 0.0417. The van der Waals surface area contributed by atoms with Gasteiger partial charge in [-0.3, -0.25) is 0 Å². The van der Waals surface area contributed by atoms with Crippen LogP contribution in [-0.4, -0.2) is 78.0 Å². The van der Waals surface area contributed by atoms with Gasteiger partial charge in [-0.25, -0.2) is 9.59 Å². The predicted molar refractivity (Wildman–Crippen MR) is 75.2 cm³/mol. The molecule has 0 spiro atoms. The molecule has 7 nitrogen and oxygen atoms in total. The summed E-state index contributed by atoms with van der Waals surface area (Å²) < 4.78 is 10.7. The quantitative estimate of drug-likeness (QED) is 0.833. The molecule has 2 aliphatic heterocycles. The van der Waals surface area contributed by atoms with Gasteiger partial charge in [-0.05, 0) is 26.7 Å². The fraction of sp³-hybridized carbons (Fsp3) is 0.857. The first-order chi connectivity index (χ1) is 9.90. The molecule has 0 radical (unpaired) electrons. The Hall–Kier alpha value is -1.34. The molecule has 0 aliphatic carbocycles. The van der Waals surface area contributed by atoms with E-state index in [1.807, 2.05) is 23.6 Å². The standard InChI is InChI=1S/C14H24N2O5/c1-14(2)10-20-8-7-16(14)13(19)15-5-3-11(4-6-15)21-9-12(17)18/h11H,3-10H2,1-2H3,(H,17,18). The van der Waals surface area contributed by atoms with Crippen molar-refractivity contribution in [3.63, 3.8) is 0 Å². The molecule has 2 aliphatic rings. The van der Waals surface area contributed by atoms with Crippen LogP contribution in [0.1, 0.15) is 26.7 Å². The van der Waals surface area contributed by atoms with Gasteiger partial charge in [0.1, 0.15) is 6.61 Å². The minimum atomic E-state index is -0.955. The van der Waals surface area contributed by atoms with E-state index in [9.17, 15) is 9.59 Å². The maximum atomic E-state index is 12.6. The molecule has 2 heterocycles. The van der Waals surface area contributed by atoms with Crippen molar-refractivity contribution in [1.29, 1.82) is 0 Å². The van der Waals surface area contributed by atoms with Crippen molar-refractivity contribution in [3.05, 3.63) is 0 Å². The Morgan fingerprint density at radius 3 is 2.52 bits per heavy atom. The molecule has 0 unspecified atom stereocenters. The van der Waals surface area contributed by atoms with Crippen LogP contribution in [0.5, 0.6) is 0 Å². The van der Waals surface area contributed by atoms with E-state index in [2.05, 4.69) is 0 Å². The van der Waals surface area contributed by atoms with Gasteiger partial charge in [0.05, 0.1) is 24.9 Å². The topological polar surface area (TPSA) is 79.3 Å². The summed E-state index contributed by atoms with van der Waals surface area (Å²) in [5.74, 6) is -0.955. The summed E-state index contributed by atoms with van der Waals surface area (Å²) in [6.45, 7) is 6.70. The molecular formula is C14H24N2O5. The lowest BCUT2D eigenvalue weighted by Gasteiger charge is -2.45. The number of piperidine rings is 1. The smallest absolute Gasteiger partial charge is 0.329 e. The van der Waals surface area contributed by atoms with E-state index in [0.29, 0.717) is 45.7 Å². The fourth-order valence-corrected chi connectivity index (χ4v) is 2.79. The van der Waals surface area contributed by atoms with Gasteiger partial charge in [-0.2, -0.15) is 0 Å². The van der Waals surface area contributed by atoms with E-state index in [1.165, 1.54) is 0 Å². The SMILES string of the molecule is CC1(C)COCCN1C(=O)N1CCC(OCC(=O)O)CC1. The monoisotopic (exact) mass is 300 g/mol. The van der Waals surface area contributed by atoms with Crippen molar-refractivity contribution in [1.82, 2.24) is 9.80 Å². The number of carboxylic acids is 1. The Bertz CT molecular complexity index is 391. The average Bonchev–Trinajstić information content (AvgIpc) is 2.44. The molecule has 0 aromatic carbocycles. The third-order valence-electron chi connectivity index (χ3n) is 4.03. The van der Waals surface area contributed by atoms with Crippen LogP contribution in [0.3, 0.4) is 0 Å². The summed E-state index contributed by atoms with van der Waals surface area (Å²) in [5.41, 5.74) is -0.286. The van der Waals surface area contributed by atoms with Gasteiger partial charge in [0.25, 0.3) is 0 Å². The van der Waals surface area contributed by atoms with E-state index in [-0.39, 0.29) is 24.3 Å². The zero-order valence-electron chi connectivity index (χ0n) is 12.7. The Morgan fingerprint density at radius 1 is 1.29 bits per heavy atom. The lowest BCUT2D eigenvalue weighted by atomic mass is 10.0. The van der Waals surface area contributed by atoms with E-state index < -0.39 is 5.97 Å². The van der Waals surface area contributed by atoms with Crippen LogP contribution in [0.15, 0.2) is 0 Å². The van der Waals surface area contributed by atoms with Crippen molar-refractivity contribution in [2.24, 2.45) is 0 Å². The van der Waals surface area contributed by atoms with Crippen LogP contribution >= 0.6 is 0 Å². The molecule has 2 amide bonds. The maximum Gasteiger partial charge on any atom is 0.329 e. The largest absolute Gasteiger partial charge is 0.480 e. The molecule has 0 aromatic heterocycles. The van der Waals surface area contributed by atoms with E-state index >= 15 is 0 Å². The predicted octanol–water partition coefficient (Wildman–Crippen LogP) is 0.783. The molecule has 0 saturated carbocycles. The third-order valence-corrected chi connectivity index (χ3v) is 4.03. The molecule has 0 bridgehead atoms. The molecule has 7 heteroatoms. The molecule has 2 saturated heterocycles. The van der Waals surface area contributed by atoms with Gasteiger partial charge in [0, 0.05) is 19.6 Å². The number of ether oxygens (including phenoxy) is 2. The summed E-state index contributed by atoms with van der Waals surface area (Å²) in [4.78, 5) is 26.8. The van der Waals surface area contributed by atoms with E-state index in [4.69, 9.17) is 14.6 Å². The van der Waals surface area contributed by atoms with E-state index in [1.54, 1.807) is 0 Å². The van der Waals surface area contributed by atoms with E-state index in [0.717, 1.165) is 0 Å². The van der Waals surface area contributed by atoms with Crippen LogP contribution in [0.4, 0.5) is 4.79 Å². The number of aliphatic carboxylic acids is 1. The van der Waals surface area contributed by atoms with Crippen molar-refractivity contribution in [2.75, 3.05) is 39.5 Å². The van der Waals surface area contributed by atoms with Gasteiger partial charge in [-0.15, -0.1) is 0 Å². The van der Waals surface area contributed by atoms with Crippen LogP contribution in [0, 0.1) is 0 Å².